The number of hydrogen-bond acceptors (Lipinski definition) is 3. The van der Waals surface area contributed by atoms with Crippen molar-refractivity contribution in [1.29, 1.82) is 0 Å². The lowest BCUT2D eigenvalue weighted by atomic mass is 10.1. The second-order valence-corrected chi connectivity index (χ2v) is 4.29. The Balaban J connectivity index is 2.18. The van der Waals surface area contributed by atoms with Gasteiger partial charge >= 0.3 is 0 Å². The molecule has 92 valence electrons. The van der Waals surface area contributed by atoms with Gasteiger partial charge in [-0.25, -0.2) is 4.98 Å². The van der Waals surface area contributed by atoms with Gasteiger partial charge in [-0.2, -0.15) is 0 Å². The fraction of sp³-hybridized carbons (Fsp3) is 0.538. The second-order valence-electron chi connectivity index (χ2n) is 4.29. The Morgan fingerprint density at radius 1 is 1.65 bits per heavy atom. The number of rotatable bonds is 3. The van der Waals surface area contributed by atoms with Crippen LogP contribution in [-0.4, -0.2) is 35.5 Å². The van der Waals surface area contributed by atoms with Crippen molar-refractivity contribution in [1.82, 2.24) is 9.88 Å². The maximum atomic E-state index is 12.3. The maximum Gasteiger partial charge on any atom is 0.254 e. The Hall–Kier alpha value is -1.58. The van der Waals surface area contributed by atoms with Crippen LogP contribution in [0, 0.1) is 0 Å². The van der Waals surface area contributed by atoms with Gasteiger partial charge in [0.25, 0.3) is 5.91 Å². The smallest absolute Gasteiger partial charge is 0.254 e. The van der Waals surface area contributed by atoms with E-state index in [0.29, 0.717) is 17.5 Å². The van der Waals surface area contributed by atoms with Crippen LogP contribution in [0.5, 0.6) is 5.88 Å². The van der Waals surface area contributed by atoms with E-state index in [9.17, 15) is 4.79 Å². The molecule has 1 aliphatic heterocycles. The van der Waals surface area contributed by atoms with Gasteiger partial charge in [-0.1, -0.05) is 6.92 Å². The lowest BCUT2D eigenvalue weighted by Gasteiger charge is -2.23. The molecule has 0 aliphatic carbocycles. The summed E-state index contributed by atoms with van der Waals surface area (Å²) in [4.78, 5) is 18.3. The molecule has 0 radical (unpaired) electrons. The number of aromatic nitrogens is 1. The zero-order valence-corrected chi connectivity index (χ0v) is 10.3. The van der Waals surface area contributed by atoms with Crippen molar-refractivity contribution in [3.63, 3.8) is 0 Å². The summed E-state index contributed by atoms with van der Waals surface area (Å²) < 4.78 is 5.04. The number of hydrogen-bond donors (Lipinski definition) is 0. The van der Waals surface area contributed by atoms with E-state index in [0.717, 1.165) is 25.8 Å². The lowest BCUT2D eigenvalue weighted by molar-refractivity contribution is 0.0733. The molecule has 2 rings (SSSR count). The van der Waals surface area contributed by atoms with Crippen LogP contribution in [0.3, 0.4) is 0 Å². The summed E-state index contributed by atoms with van der Waals surface area (Å²) in [6.45, 7) is 2.99. The number of nitrogens with zero attached hydrogens (tertiary/aromatic N) is 2. The van der Waals surface area contributed by atoms with Crippen molar-refractivity contribution in [3.05, 3.63) is 23.9 Å². The van der Waals surface area contributed by atoms with E-state index < -0.39 is 0 Å². The minimum absolute atomic E-state index is 0.0926. The summed E-state index contributed by atoms with van der Waals surface area (Å²) in [5.41, 5.74) is 0.664. The van der Waals surface area contributed by atoms with Crippen LogP contribution in [0.2, 0.25) is 0 Å². The predicted octanol–water partition coefficient (Wildman–Crippen LogP) is 2.10. The highest BCUT2D eigenvalue weighted by molar-refractivity contribution is 5.94. The van der Waals surface area contributed by atoms with Gasteiger partial charge in [0.1, 0.15) is 0 Å². The number of amides is 1. The number of pyridine rings is 1. The topological polar surface area (TPSA) is 42.4 Å². The normalized spacial score (nSPS) is 19.4. The minimum Gasteiger partial charge on any atom is -0.481 e. The molecule has 1 fully saturated rings. The van der Waals surface area contributed by atoms with Gasteiger partial charge in [0.15, 0.2) is 0 Å². The summed E-state index contributed by atoms with van der Waals surface area (Å²) in [7, 11) is 1.56. The monoisotopic (exact) mass is 234 g/mol. The van der Waals surface area contributed by atoms with E-state index in [1.165, 1.54) is 0 Å². The molecule has 1 amide bonds. The van der Waals surface area contributed by atoms with Gasteiger partial charge in [0.05, 0.1) is 7.11 Å². The van der Waals surface area contributed by atoms with Crippen LogP contribution in [0.15, 0.2) is 18.3 Å². The van der Waals surface area contributed by atoms with E-state index in [1.807, 2.05) is 4.90 Å². The van der Waals surface area contributed by atoms with Crippen LogP contribution < -0.4 is 4.74 Å². The molecular formula is C13H18N2O2. The number of likely N-dealkylation sites (tertiary alicyclic amines) is 1. The molecule has 1 aliphatic rings. The van der Waals surface area contributed by atoms with Gasteiger partial charge in [-0.3, -0.25) is 4.79 Å². The number of methoxy groups -OCH3 is 1. The first-order valence-corrected chi connectivity index (χ1v) is 6.07. The van der Waals surface area contributed by atoms with Crippen molar-refractivity contribution >= 4 is 5.91 Å². The van der Waals surface area contributed by atoms with Gasteiger partial charge in [0.2, 0.25) is 5.88 Å². The summed E-state index contributed by atoms with van der Waals surface area (Å²) in [6, 6.07) is 3.84. The Bertz CT molecular complexity index is 406. The average Bonchev–Trinajstić information content (AvgIpc) is 2.86. The Morgan fingerprint density at radius 3 is 3.18 bits per heavy atom. The van der Waals surface area contributed by atoms with Gasteiger partial charge < -0.3 is 9.64 Å². The van der Waals surface area contributed by atoms with Crippen molar-refractivity contribution < 1.29 is 9.53 Å². The van der Waals surface area contributed by atoms with Crippen molar-refractivity contribution in [3.8, 4) is 5.88 Å². The molecule has 1 saturated heterocycles. The molecule has 0 bridgehead atoms. The summed E-state index contributed by atoms with van der Waals surface area (Å²) in [5, 5.41) is 0. The first-order chi connectivity index (χ1) is 8.26. The number of ether oxygens (including phenoxy) is 1. The Kier molecular flexibility index (Phi) is 3.61. The molecule has 0 saturated carbocycles. The molecule has 1 aromatic heterocycles. The van der Waals surface area contributed by atoms with Crippen LogP contribution in [0.1, 0.15) is 36.5 Å². The third kappa shape index (κ3) is 2.40. The van der Waals surface area contributed by atoms with Gasteiger partial charge in [-0.15, -0.1) is 0 Å². The molecule has 2 heterocycles. The molecule has 0 aromatic carbocycles. The van der Waals surface area contributed by atoms with Crippen molar-refractivity contribution in [2.75, 3.05) is 13.7 Å². The standard InChI is InChI=1S/C13H18N2O2/c1-3-11-5-4-8-15(11)13(16)10-6-7-14-12(9-10)17-2/h6-7,9,11H,3-5,8H2,1-2H3/t11-/m1/s1. The highest BCUT2D eigenvalue weighted by atomic mass is 16.5. The van der Waals surface area contributed by atoms with Gasteiger partial charge in [0, 0.05) is 30.4 Å². The van der Waals surface area contributed by atoms with E-state index in [2.05, 4.69) is 11.9 Å². The van der Waals surface area contributed by atoms with E-state index in [4.69, 9.17) is 4.74 Å². The third-order valence-corrected chi connectivity index (χ3v) is 3.30. The molecular weight excluding hydrogens is 216 g/mol. The highest BCUT2D eigenvalue weighted by Gasteiger charge is 2.28. The van der Waals surface area contributed by atoms with Crippen LogP contribution in [-0.2, 0) is 0 Å². The van der Waals surface area contributed by atoms with Crippen LogP contribution >= 0.6 is 0 Å². The SMILES string of the molecule is CC[C@@H]1CCCN1C(=O)c1ccnc(OC)c1. The first kappa shape index (κ1) is 11.9. The van der Waals surface area contributed by atoms with E-state index >= 15 is 0 Å². The van der Waals surface area contributed by atoms with Crippen molar-refractivity contribution in [2.24, 2.45) is 0 Å². The summed E-state index contributed by atoms with van der Waals surface area (Å²) in [5.74, 6) is 0.582. The lowest BCUT2D eigenvalue weighted by Crippen LogP contribution is -2.35. The molecule has 4 heteroatoms. The van der Waals surface area contributed by atoms with E-state index in [1.54, 1.807) is 25.4 Å². The maximum absolute atomic E-state index is 12.3. The fourth-order valence-electron chi connectivity index (χ4n) is 2.35. The quantitative estimate of drug-likeness (QED) is 0.804. The predicted molar refractivity (Wildman–Crippen MR) is 65.1 cm³/mol. The largest absolute Gasteiger partial charge is 0.481 e. The summed E-state index contributed by atoms with van der Waals surface area (Å²) in [6.07, 6.45) is 4.86. The zero-order chi connectivity index (χ0) is 12.3. The molecule has 0 spiro atoms. The molecule has 0 unspecified atom stereocenters. The third-order valence-electron chi connectivity index (χ3n) is 3.30. The second kappa shape index (κ2) is 5.17. The van der Waals surface area contributed by atoms with E-state index in [-0.39, 0.29) is 5.91 Å². The molecule has 0 N–H and O–H groups in total. The minimum atomic E-state index is 0.0926. The Morgan fingerprint density at radius 2 is 2.47 bits per heavy atom. The molecule has 4 nitrogen and oxygen atoms in total. The zero-order valence-electron chi connectivity index (χ0n) is 10.3. The number of carbonyl (C=O) groups excluding carboxylic acids is 1. The highest BCUT2D eigenvalue weighted by Crippen LogP contribution is 2.22. The average molecular weight is 234 g/mol. The fourth-order valence-corrected chi connectivity index (χ4v) is 2.35. The first-order valence-electron chi connectivity index (χ1n) is 6.07. The molecule has 1 atom stereocenters. The van der Waals surface area contributed by atoms with Gasteiger partial charge in [-0.05, 0) is 25.3 Å². The van der Waals surface area contributed by atoms with Crippen LogP contribution in [0.4, 0.5) is 0 Å². The summed E-state index contributed by atoms with van der Waals surface area (Å²) >= 11 is 0. The number of carbonyl (C=O) groups is 1. The Labute approximate surface area is 102 Å². The molecule has 17 heavy (non-hydrogen) atoms. The molecule has 1 aromatic rings. The van der Waals surface area contributed by atoms with Crippen LogP contribution in [0.25, 0.3) is 0 Å². The van der Waals surface area contributed by atoms with Crippen molar-refractivity contribution in [2.45, 2.75) is 32.2 Å².